The predicted molar refractivity (Wildman–Crippen MR) is 101 cm³/mol. The lowest BCUT2D eigenvalue weighted by Gasteiger charge is -2.30. The number of alkyl halides is 3. The van der Waals surface area contributed by atoms with Crippen molar-refractivity contribution >= 4 is 27.3 Å². The van der Waals surface area contributed by atoms with Crippen molar-refractivity contribution in [1.29, 1.82) is 0 Å². The van der Waals surface area contributed by atoms with E-state index in [-0.39, 0.29) is 16.9 Å². The van der Waals surface area contributed by atoms with E-state index in [9.17, 15) is 13.2 Å². The highest BCUT2D eigenvalue weighted by atomic mass is 79.9. The fraction of sp³-hybridized carbons (Fsp3) is 0.368. The van der Waals surface area contributed by atoms with E-state index in [1.54, 1.807) is 4.90 Å². The summed E-state index contributed by atoms with van der Waals surface area (Å²) in [5, 5.41) is 0. The Balaban J connectivity index is 2.55. The lowest BCUT2D eigenvalue weighted by molar-refractivity contribution is -0.137. The van der Waals surface area contributed by atoms with Gasteiger partial charge in [-0.3, -0.25) is 0 Å². The van der Waals surface area contributed by atoms with Crippen molar-refractivity contribution in [3.8, 4) is 0 Å². The van der Waals surface area contributed by atoms with Crippen LogP contribution in [0.2, 0.25) is 0 Å². The first kappa shape index (κ1) is 19.6. The fourth-order valence-corrected chi connectivity index (χ4v) is 3.33. The minimum atomic E-state index is -4.46. The number of hydrogen-bond acceptors (Lipinski definition) is 2. The number of nitrogen functional groups attached to an aromatic ring is 1. The number of anilines is 2. The van der Waals surface area contributed by atoms with Crippen LogP contribution in [-0.4, -0.2) is 6.54 Å². The highest BCUT2D eigenvalue weighted by molar-refractivity contribution is 9.10. The number of halogens is 4. The van der Waals surface area contributed by atoms with Gasteiger partial charge in [0.15, 0.2) is 0 Å². The van der Waals surface area contributed by atoms with Gasteiger partial charge in [-0.1, -0.05) is 43.7 Å². The Morgan fingerprint density at radius 1 is 1.16 bits per heavy atom. The van der Waals surface area contributed by atoms with Crippen molar-refractivity contribution in [2.45, 2.75) is 39.4 Å². The van der Waals surface area contributed by atoms with Crippen molar-refractivity contribution in [1.82, 2.24) is 0 Å². The second kappa shape index (κ2) is 8.13. The molecule has 2 rings (SSSR count). The molecular weight excluding hydrogens is 393 g/mol. The van der Waals surface area contributed by atoms with Crippen LogP contribution < -0.4 is 10.6 Å². The Morgan fingerprint density at radius 3 is 2.36 bits per heavy atom. The molecule has 0 aliphatic heterocycles. The molecule has 0 aromatic heterocycles. The van der Waals surface area contributed by atoms with Gasteiger partial charge in [-0.25, -0.2) is 0 Å². The Kier molecular flexibility index (Phi) is 6.38. The summed E-state index contributed by atoms with van der Waals surface area (Å²) in [4.78, 5) is 1.79. The van der Waals surface area contributed by atoms with Crippen LogP contribution in [0.1, 0.15) is 36.5 Å². The Labute approximate surface area is 155 Å². The zero-order valence-electron chi connectivity index (χ0n) is 14.3. The monoisotopic (exact) mass is 414 g/mol. The summed E-state index contributed by atoms with van der Waals surface area (Å²) >= 11 is 3.30. The number of nitrogens with two attached hydrogens (primary N) is 1. The van der Waals surface area contributed by atoms with Gasteiger partial charge in [0.05, 0.1) is 11.3 Å². The molecule has 25 heavy (non-hydrogen) atoms. The zero-order valence-corrected chi connectivity index (χ0v) is 15.9. The van der Waals surface area contributed by atoms with Gasteiger partial charge in [0.25, 0.3) is 0 Å². The van der Waals surface area contributed by atoms with E-state index in [1.165, 1.54) is 13.0 Å². The van der Waals surface area contributed by atoms with Crippen molar-refractivity contribution in [3.63, 3.8) is 0 Å². The lowest BCUT2D eigenvalue weighted by Crippen LogP contribution is -2.27. The molecule has 0 saturated heterocycles. The average molecular weight is 415 g/mol. The summed E-state index contributed by atoms with van der Waals surface area (Å²) in [5.41, 5.74) is 6.51. The normalized spacial score (nSPS) is 11.6. The molecule has 0 heterocycles. The topological polar surface area (TPSA) is 29.3 Å². The summed E-state index contributed by atoms with van der Waals surface area (Å²) in [7, 11) is 0. The first-order valence-corrected chi connectivity index (χ1v) is 8.99. The number of rotatable bonds is 6. The molecule has 2 N–H and O–H groups in total. The van der Waals surface area contributed by atoms with Gasteiger partial charge >= 0.3 is 6.18 Å². The molecule has 0 fully saturated rings. The van der Waals surface area contributed by atoms with Gasteiger partial charge < -0.3 is 10.6 Å². The zero-order chi connectivity index (χ0) is 18.6. The second-order valence-corrected chi connectivity index (χ2v) is 6.90. The SMILES string of the molecule is CCCCN(Cc1ccccc1)c1cc(Br)c(N)c(C)c1C(F)(F)F. The Bertz CT molecular complexity index is 715. The number of unbranched alkanes of at least 4 members (excludes halogenated alkanes) is 1. The number of hydrogen-bond donors (Lipinski definition) is 1. The molecule has 0 aliphatic carbocycles. The van der Waals surface area contributed by atoms with E-state index in [2.05, 4.69) is 15.9 Å². The van der Waals surface area contributed by atoms with Gasteiger partial charge in [-0.2, -0.15) is 13.2 Å². The summed E-state index contributed by atoms with van der Waals surface area (Å²) in [5.74, 6) is 0. The highest BCUT2D eigenvalue weighted by Crippen LogP contribution is 2.44. The first-order chi connectivity index (χ1) is 11.8. The second-order valence-electron chi connectivity index (χ2n) is 6.05. The molecule has 2 nitrogen and oxygen atoms in total. The smallest absolute Gasteiger partial charge is 0.398 e. The van der Waals surface area contributed by atoms with Crippen molar-refractivity contribution < 1.29 is 13.2 Å². The third-order valence-corrected chi connectivity index (χ3v) is 4.83. The number of nitrogens with zero attached hydrogens (tertiary/aromatic N) is 1. The summed E-state index contributed by atoms with van der Waals surface area (Å²) < 4.78 is 41.7. The van der Waals surface area contributed by atoms with Crippen molar-refractivity contribution in [2.75, 3.05) is 17.2 Å². The molecule has 0 atom stereocenters. The van der Waals surface area contributed by atoms with Crippen molar-refractivity contribution in [2.24, 2.45) is 0 Å². The molecule has 0 radical (unpaired) electrons. The largest absolute Gasteiger partial charge is 0.418 e. The van der Waals surface area contributed by atoms with Gasteiger partial charge in [0.1, 0.15) is 0 Å². The average Bonchev–Trinajstić information content (AvgIpc) is 2.55. The molecule has 0 bridgehead atoms. The van der Waals surface area contributed by atoms with E-state index >= 15 is 0 Å². The first-order valence-electron chi connectivity index (χ1n) is 8.20. The van der Waals surface area contributed by atoms with Gasteiger partial charge in [-0.05, 0) is 46.5 Å². The molecule has 2 aromatic rings. The van der Waals surface area contributed by atoms with Gasteiger partial charge in [0.2, 0.25) is 0 Å². The number of benzene rings is 2. The molecule has 2 aromatic carbocycles. The van der Waals surface area contributed by atoms with Crippen LogP contribution in [0.3, 0.4) is 0 Å². The molecule has 0 unspecified atom stereocenters. The van der Waals surface area contributed by atoms with E-state index < -0.39 is 11.7 Å². The highest BCUT2D eigenvalue weighted by Gasteiger charge is 2.38. The quantitative estimate of drug-likeness (QED) is 0.572. The Hall–Kier alpha value is -1.69. The standard InChI is InChI=1S/C19H22BrF3N2/c1-3-4-10-25(12-14-8-6-5-7-9-14)16-11-15(20)18(24)13(2)17(16)19(21,22)23/h5-9,11H,3-4,10,12,24H2,1-2H3. The summed E-state index contributed by atoms with van der Waals surface area (Å²) in [6.45, 7) is 4.41. The molecule has 0 aliphatic rings. The fourth-order valence-electron chi connectivity index (χ4n) is 2.82. The van der Waals surface area contributed by atoms with E-state index in [0.717, 1.165) is 18.4 Å². The van der Waals surface area contributed by atoms with Crippen LogP contribution in [0, 0.1) is 6.92 Å². The van der Waals surface area contributed by atoms with E-state index in [1.807, 2.05) is 37.3 Å². The molecule has 6 heteroatoms. The third-order valence-electron chi connectivity index (χ3n) is 4.18. The van der Waals surface area contributed by atoms with Gasteiger partial charge in [0, 0.05) is 23.2 Å². The Morgan fingerprint density at radius 2 is 1.80 bits per heavy atom. The molecule has 0 saturated carbocycles. The minimum Gasteiger partial charge on any atom is -0.398 e. The maximum Gasteiger partial charge on any atom is 0.418 e. The van der Waals surface area contributed by atoms with E-state index in [0.29, 0.717) is 17.6 Å². The molecule has 0 amide bonds. The lowest BCUT2D eigenvalue weighted by atomic mass is 10.0. The van der Waals surface area contributed by atoms with Crippen LogP contribution >= 0.6 is 15.9 Å². The molecular formula is C19H22BrF3N2. The predicted octanol–water partition coefficient (Wildman–Crippen LogP) is 6.17. The third kappa shape index (κ3) is 4.69. The van der Waals surface area contributed by atoms with E-state index in [4.69, 9.17) is 5.73 Å². The van der Waals surface area contributed by atoms with Crippen LogP contribution in [0.15, 0.2) is 40.9 Å². The maximum atomic E-state index is 13.7. The minimum absolute atomic E-state index is 0.0615. The summed E-state index contributed by atoms with van der Waals surface area (Å²) in [6.07, 6.45) is -2.75. The van der Waals surface area contributed by atoms with Crippen molar-refractivity contribution in [3.05, 3.63) is 57.6 Å². The summed E-state index contributed by atoms with van der Waals surface area (Å²) in [6, 6.07) is 11.0. The van der Waals surface area contributed by atoms with Crippen LogP contribution in [0.4, 0.5) is 24.5 Å². The maximum absolute atomic E-state index is 13.7. The van der Waals surface area contributed by atoms with Crippen LogP contribution in [0.25, 0.3) is 0 Å². The van der Waals surface area contributed by atoms with Crippen LogP contribution in [-0.2, 0) is 12.7 Å². The molecule has 0 spiro atoms. The molecule has 136 valence electrons. The van der Waals surface area contributed by atoms with Crippen LogP contribution in [0.5, 0.6) is 0 Å². The van der Waals surface area contributed by atoms with Gasteiger partial charge in [-0.15, -0.1) is 0 Å².